The van der Waals surface area contributed by atoms with Gasteiger partial charge in [-0.25, -0.2) is 4.99 Å². The number of amidine groups is 1. The molecule has 0 radical (unpaired) electrons. The summed E-state index contributed by atoms with van der Waals surface area (Å²) >= 11 is 0. The van der Waals surface area contributed by atoms with E-state index in [4.69, 9.17) is 9.41 Å². The number of nitrogens with one attached hydrogen (secondary N) is 2. The zero-order chi connectivity index (χ0) is 35.1. The molecule has 4 heteroatoms. The summed E-state index contributed by atoms with van der Waals surface area (Å²) in [7, 11) is 0. The maximum atomic E-state index is 6.50. The van der Waals surface area contributed by atoms with Crippen molar-refractivity contribution in [2.45, 2.75) is 12.3 Å². The quantitative estimate of drug-likeness (QED) is 0.184. The van der Waals surface area contributed by atoms with E-state index in [1.807, 2.05) is 6.07 Å². The fraction of sp³-hybridized carbons (Fsp3) is 0.0408. The van der Waals surface area contributed by atoms with E-state index < -0.39 is 0 Å². The molecule has 4 nitrogen and oxygen atoms in total. The number of hydrogen-bond acceptors (Lipinski definition) is 4. The van der Waals surface area contributed by atoms with E-state index in [2.05, 4.69) is 193 Å². The molecule has 10 rings (SSSR count). The number of para-hydroxylation sites is 1. The summed E-state index contributed by atoms with van der Waals surface area (Å²) in [6.07, 6.45) is -0.611. The molecular formula is C49H35N3O. The summed E-state index contributed by atoms with van der Waals surface area (Å²) in [6.45, 7) is 0. The molecule has 0 saturated heterocycles. The zero-order valence-corrected chi connectivity index (χ0v) is 28.9. The predicted octanol–water partition coefficient (Wildman–Crippen LogP) is 12.1. The predicted molar refractivity (Wildman–Crippen MR) is 219 cm³/mol. The lowest BCUT2D eigenvalue weighted by Gasteiger charge is -2.34. The van der Waals surface area contributed by atoms with Gasteiger partial charge >= 0.3 is 0 Å². The van der Waals surface area contributed by atoms with Gasteiger partial charge in [0, 0.05) is 21.9 Å². The Hall–Kier alpha value is -6.75. The molecule has 9 aromatic rings. The second-order valence-electron chi connectivity index (χ2n) is 13.5. The van der Waals surface area contributed by atoms with Crippen molar-refractivity contribution >= 4 is 38.5 Å². The van der Waals surface area contributed by atoms with Crippen molar-refractivity contribution in [2.24, 2.45) is 4.99 Å². The molecular weight excluding hydrogens is 647 g/mol. The highest BCUT2D eigenvalue weighted by Gasteiger charge is 2.31. The largest absolute Gasteiger partial charge is 0.456 e. The minimum Gasteiger partial charge on any atom is -0.456 e. The van der Waals surface area contributed by atoms with E-state index in [9.17, 15) is 0 Å². The van der Waals surface area contributed by atoms with Gasteiger partial charge in [-0.15, -0.1) is 0 Å². The van der Waals surface area contributed by atoms with Crippen LogP contribution in [0, 0.1) is 0 Å². The van der Waals surface area contributed by atoms with Crippen LogP contribution in [0.25, 0.3) is 66.1 Å². The van der Waals surface area contributed by atoms with Gasteiger partial charge in [-0.2, -0.15) is 0 Å². The minimum atomic E-state index is -0.311. The summed E-state index contributed by atoms with van der Waals surface area (Å²) in [5.74, 6) is 0.841. The lowest BCUT2D eigenvalue weighted by Crippen LogP contribution is -2.45. The minimum absolute atomic E-state index is 0.299. The summed E-state index contributed by atoms with van der Waals surface area (Å²) in [5, 5.41) is 12.4. The van der Waals surface area contributed by atoms with Crippen LogP contribution in [-0.2, 0) is 0 Å². The van der Waals surface area contributed by atoms with Crippen molar-refractivity contribution in [1.29, 1.82) is 0 Å². The Kier molecular flexibility index (Phi) is 7.67. The SMILES string of the molecule is c1ccc(-c2ccc(-c3ccc4oc5ccccc5c4c3C3NC(c4ccc(-c5ccccc5)c5ccccc45)=NC(c4ccccc4)N3)cc2)cc1. The third kappa shape index (κ3) is 5.57. The van der Waals surface area contributed by atoms with E-state index in [1.54, 1.807) is 0 Å². The molecule has 0 spiro atoms. The summed E-state index contributed by atoms with van der Waals surface area (Å²) in [6, 6.07) is 66.3. The monoisotopic (exact) mass is 681 g/mol. The second kappa shape index (κ2) is 13.1. The molecule has 1 aliphatic rings. The number of nitrogens with zero attached hydrogens (tertiary/aromatic N) is 1. The highest BCUT2D eigenvalue weighted by atomic mass is 16.3. The molecule has 0 amide bonds. The molecule has 0 saturated carbocycles. The lowest BCUT2D eigenvalue weighted by atomic mass is 9.91. The van der Waals surface area contributed by atoms with Crippen molar-refractivity contribution < 1.29 is 4.42 Å². The van der Waals surface area contributed by atoms with Crippen LogP contribution in [-0.4, -0.2) is 5.84 Å². The van der Waals surface area contributed by atoms with Crippen LogP contribution in [0.3, 0.4) is 0 Å². The molecule has 2 unspecified atom stereocenters. The summed E-state index contributed by atoms with van der Waals surface area (Å²) < 4.78 is 6.50. The van der Waals surface area contributed by atoms with E-state index in [1.165, 1.54) is 27.6 Å². The van der Waals surface area contributed by atoms with Gasteiger partial charge in [0.1, 0.15) is 29.3 Å². The van der Waals surface area contributed by atoms with Gasteiger partial charge in [-0.05, 0) is 61.8 Å². The Bertz CT molecular complexity index is 2770. The number of fused-ring (bicyclic) bond motifs is 4. The van der Waals surface area contributed by atoms with Crippen LogP contribution in [0.15, 0.2) is 197 Å². The van der Waals surface area contributed by atoms with Crippen LogP contribution < -0.4 is 10.6 Å². The van der Waals surface area contributed by atoms with Crippen molar-refractivity contribution in [2.75, 3.05) is 0 Å². The first-order valence-corrected chi connectivity index (χ1v) is 18.1. The third-order valence-electron chi connectivity index (χ3n) is 10.4. The average Bonchev–Trinajstić information content (AvgIpc) is 3.63. The molecule has 53 heavy (non-hydrogen) atoms. The average molecular weight is 682 g/mol. The van der Waals surface area contributed by atoms with Gasteiger partial charge in [-0.1, -0.05) is 176 Å². The van der Waals surface area contributed by atoms with Crippen molar-refractivity contribution in [3.63, 3.8) is 0 Å². The van der Waals surface area contributed by atoms with Crippen LogP contribution in [0.1, 0.15) is 29.0 Å². The first-order valence-electron chi connectivity index (χ1n) is 18.1. The standard InChI is InChI=1S/C49H35N3O/c1-4-14-32(15-5-1)33-24-26-35(27-25-33)38-30-31-44-45(42-22-12-13-23-43(42)53-44)46(38)49-51-47(36-18-8-3-9-19-36)50-48(52-49)41-29-28-37(34-16-6-2-7-17-34)39-20-10-11-21-40(39)41/h1-31,47,49,51H,(H,50,52). The second-order valence-corrected chi connectivity index (χ2v) is 13.5. The molecule has 8 aromatic carbocycles. The van der Waals surface area contributed by atoms with Crippen molar-refractivity contribution in [3.05, 3.63) is 205 Å². The maximum Gasteiger partial charge on any atom is 0.135 e. The van der Waals surface area contributed by atoms with E-state index in [0.29, 0.717) is 0 Å². The van der Waals surface area contributed by atoms with E-state index >= 15 is 0 Å². The Morgan fingerprint density at radius 3 is 1.68 bits per heavy atom. The van der Waals surface area contributed by atoms with Gasteiger partial charge in [-0.3, -0.25) is 5.32 Å². The Balaban J connectivity index is 1.17. The van der Waals surface area contributed by atoms with Crippen LogP contribution in [0.2, 0.25) is 0 Å². The summed E-state index contributed by atoms with van der Waals surface area (Å²) in [4.78, 5) is 5.40. The Labute approximate surface area is 308 Å². The topological polar surface area (TPSA) is 49.6 Å². The lowest BCUT2D eigenvalue weighted by molar-refractivity contribution is 0.412. The van der Waals surface area contributed by atoms with Crippen LogP contribution in [0.5, 0.6) is 0 Å². The fourth-order valence-electron chi connectivity index (χ4n) is 7.89. The van der Waals surface area contributed by atoms with Crippen LogP contribution >= 0.6 is 0 Å². The number of hydrogen-bond donors (Lipinski definition) is 2. The molecule has 252 valence electrons. The van der Waals surface area contributed by atoms with Gasteiger partial charge in [0.05, 0.1) is 0 Å². The number of furan rings is 1. The highest BCUT2D eigenvalue weighted by molar-refractivity contribution is 6.14. The molecule has 2 atom stereocenters. The smallest absolute Gasteiger partial charge is 0.135 e. The number of rotatable bonds is 6. The zero-order valence-electron chi connectivity index (χ0n) is 28.9. The van der Waals surface area contributed by atoms with Crippen molar-refractivity contribution in [3.8, 4) is 33.4 Å². The van der Waals surface area contributed by atoms with Crippen LogP contribution in [0.4, 0.5) is 0 Å². The van der Waals surface area contributed by atoms with Crippen molar-refractivity contribution in [1.82, 2.24) is 10.6 Å². The molecule has 1 aromatic heterocycles. The summed E-state index contributed by atoms with van der Waals surface area (Å²) in [5.41, 5.74) is 12.0. The first-order chi connectivity index (χ1) is 26.3. The maximum absolute atomic E-state index is 6.50. The Morgan fingerprint density at radius 1 is 0.415 bits per heavy atom. The van der Waals surface area contributed by atoms with Gasteiger partial charge in [0.2, 0.25) is 0 Å². The van der Waals surface area contributed by atoms with Gasteiger partial charge < -0.3 is 9.73 Å². The molecule has 0 aliphatic carbocycles. The third-order valence-corrected chi connectivity index (χ3v) is 10.4. The van der Waals surface area contributed by atoms with E-state index in [0.717, 1.165) is 61.0 Å². The number of aliphatic imine (C=N–C) groups is 1. The first kappa shape index (κ1) is 31.0. The fourth-order valence-corrected chi connectivity index (χ4v) is 7.89. The Morgan fingerprint density at radius 2 is 0.943 bits per heavy atom. The molecule has 2 heterocycles. The normalized spacial score (nSPS) is 15.7. The number of benzene rings is 8. The molecule has 0 fully saturated rings. The molecule has 0 bridgehead atoms. The molecule has 1 aliphatic heterocycles. The highest BCUT2D eigenvalue weighted by Crippen LogP contribution is 2.42. The molecule has 2 N–H and O–H groups in total. The van der Waals surface area contributed by atoms with Gasteiger partial charge in [0.25, 0.3) is 0 Å². The van der Waals surface area contributed by atoms with E-state index in [-0.39, 0.29) is 12.3 Å². The van der Waals surface area contributed by atoms with Gasteiger partial charge in [0.15, 0.2) is 0 Å².